The summed E-state index contributed by atoms with van der Waals surface area (Å²) in [4.78, 5) is 0. The maximum Gasteiger partial charge on any atom is 0.162 e. The molecule has 1 aromatic rings. The normalized spacial score (nSPS) is 29.7. The summed E-state index contributed by atoms with van der Waals surface area (Å²) in [5.74, 6) is 1.80. The second-order valence-corrected chi connectivity index (χ2v) is 4.95. The molecule has 0 aromatic carbocycles. The first-order valence-corrected chi connectivity index (χ1v) is 6.21. The van der Waals surface area contributed by atoms with Gasteiger partial charge in [-0.15, -0.1) is 0 Å². The van der Waals surface area contributed by atoms with Crippen molar-refractivity contribution in [1.29, 1.82) is 0 Å². The molecule has 0 saturated carbocycles. The molecule has 16 heavy (non-hydrogen) atoms. The van der Waals surface area contributed by atoms with Crippen molar-refractivity contribution < 1.29 is 4.52 Å². The Morgan fingerprint density at radius 1 is 1.44 bits per heavy atom. The van der Waals surface area contributed by atoms with Gasteiger partial charge in [0.1, 0.15) is 0 Å². The molecule has 2 aliphatic rings. The lowest BCUT2D eigenvalue weighted by atomic mass is 9.80. The van der Waals surface area contributed by atoms with Gasteiger partial charge in [0.05, 0.1) is 5.69 Å². The van der Waals surface area contributed by atoms with Gasteiger partial charge in [0, 0.05) is 12.1 Å². The molecule has 1 saturated heterocycles. The van der Waals surface area contributed by atoms with E-state index in [1.807, 2.05) is 13.0 Å². The van der Waals surface area contributed by atoms with Gasteiger partial charge in [0.2, 0.25) is 0 Å². The minimum atomic E-state index is 0.558. The monoisotopic (exact) mass is 218 g/mol. The molecular weight excluding hydrogens is 200 g/mol. The minimum absolute atomic E-state index is 0.558. The van der Waals surface area contributed by atoms with Gasteiger partial charge in [-0.2, -0.15) is 0 Å². The number of hydrogen-bond acceptors (Lipinski definition) is 3. The van der Waals surface area contributed by atoms with Crippen LogP contribution in [0.15, 0.2) is 16.7 Å². The summed E-state index contributed by atoms with van der Waals surface area (Å²) in [5.41, 5.74) is 2.30. The van der Waals surface area contributed by atoms with E-state index in [4.69, 9.17) is 4.52 Å². The van der Waals surface area contributed by atoms with Crippen molar-refractivity contribution in [2.75, 3.05) is 6.54 Å². The van der Waals surface area contributed by atoms with E-state index >= 15 is 0 Å². The third kappa shape index (κ3) is 1.80. The number of piperidine rings is 1. The number of fused-ring (bicyclic) bond motifs is 1. The molecule has 0 amide bonds. The minimum Gasteiger partial charge on any atom is -0.356 e. The molecule has 1 aromatic heterocycles. The molecule has 1 aliphatic carbocycles. The first kappa shape index (κ1) is 10.1. The van der Waals surface area contributed by atoms with Crippen LogP contribution in [0.3, 0.4) is 0 Å². The van der Waals surface area contributed by atoms with Gasteiger partial charge < -0.3 is 9.84 Å². The van der Waals surface area contributed by atoms with Crippen molar-refractivity contribution in [2.24, 2.45) is 5.92 Å². The van der Waals surface area contributed by atoms with E-state index in [1.165, 1.54) is 24.8 Å². The quantitative estimate of drug-likeness (QED) is 0.787. The molecule has 3 heteroatoms. The average Bonchev–Trinajstić information content (AvgIpc) is 2.75. The zero-order valence-corrected chi connectivity index (χ0v) is 9.70. The maximum absolute atomic E-state index is 5.34. The zero-order valence-electron chi connectivity index (χ0n) is 9.70. The van der Waals surface area contributed by atoms with E-state index in [2.05, 4.69) is 16.5 Å². The summed E-state index contributed by atoms with van der Waals surface area (Å²) < 4.78 is 5.34. The van der Waals surface area contributed by atoms with E-state index in [9.17, 15) is 0 Å². The maximum atomic E-state index is 5.34. The number of aromatic nitrogens is 1. The highest BCUT2D eigenvalue weighted by atomic mass is 16.5. The van der Waals surface area contributed by atoms with Gasteiger partial charge in [-0.3, -0.25) is 0 Å². The lowest BCUT2D eigenvalue weighted by Crippen LogP contribution is -2.41. The van der Waals surface area contributed by atoms with Gasteiger partial charge in [-0.1, -0.05) is 11.2 Å². The highest BCUT2D eigenvalue weighted by molar-refractivity contribution is 5.63. The molecule has 0 bridgehead atoms. The van der Waals surface area contributed by atoms with E-state index in [1.54, 1.807) is 0 Å². The number of nitrogens with one attached hydrogen (secondary N) is 1. The van der Waals surface area contributed by atoms with Crippen LogP contribution >= 0.6 is 0 Å². The van der Waals surface area contributed by atoms with Crippen LogP contribution in [0, 0.1) is 12.8 Å². The number of rotatable bonds is 1. The SMILES string of the molecule is Cc1cc(C2=C[C@@H]3NCCC[C@@H]3CC2)on1. The Kier molecular flexibility index (Phi) is 2.56. The number of nitrogens with zero attached hydrogens (tertiary/aromatic N) is 1. The second-order valence-electron chi connectivity index (χ2n) is 4.95. The fraction of sp³-hybridized carbons (Fsp3) is 0.615. The largest absolute Gasteiger partial charge is 0.356 e. The summed E-state index contributed by atoms with van der Waals surface area (Å²) in [5, 5.41) is 7.55. The molecule has 1 fully saturated rings. The van der Waals surface area contributed by atoms with Gasteiger partial charge >= 0.3 is 0 Å². The molecule has 3 nitrogen and oxygen atoms in total. The Bertz CT molecular complexity index is 408. The van der Waals surface area contributed by atoms with Crippen molar-refractivity contribution in [1.82, 2.24) is 10.5 Å². The highest BCUT2D eigenvalue weighted by Crippen LogP contribution is 2.34. The Balaban J connectivity index is 1.84. The van der Waals surface area contributed by atoms with Crippen molar-refractivity contribution in [3.8, 4) is 0 Å². The molecule has 2 atom stereocenters. The Morgan fingerprint density at radius 2 is 2.38 bits per heavy atom. The molecule has 1 N–H and O–H groups in total. The molecule has 3 rings (SSSR count). The first-order valence-electron chi connectivity index (χ1n) is 6.21. The predicted molar refractivity (Wildman–Crippen MR) is 63.0 cm³/mol. The van der Waals surface area contributed by atoms with Crippen LogP contribution in [-0.4, -0.2) is 17.7 Å². The number of aryl methyl sites for hydroxylation is 1. The Morgan fingerprint density at radius 3 is 3.19 bits per heavy atom. The summed E-state index contributed by atoms with van der Waals surface area (Å²) >= 11 is 0. The second kappa shape index (κ2) is 4.06. The first-order chi connectivity index (χ1) is 7.83. The van der Waals surface area contributed by atoms with Gasteiger partial charge in [0.25, 0.3) is 0 Å². The number of hydrogen-bond donors (Lipinski definition) is 1. The van der Waals surface area contributed by atoms with Crippen LogP contribution in [0.4, 0.5) is 0 Å². The van der Waals surface area contributed by atoms with Gasteiger partial charge in [0.15, 0.2) is 5.76 Å². The molecule has 1 aliphatic heterocycles. The van der Waals surface area contributed by atoms with Crippen LogP contribution in [0.5, 0.6) is 0 Å². The van der Waals surface area contributed by atoms with E-state index in [0.717, 1.165) is 30.3 Å². The fourth-order valence-corrected chi connectivity index (χ4v) is 2.86. The standard InChI is InChI=1S/C13H18N2O/c1-9-7-13(16-15-9)11-5-4-10-3-2-6-14-12(10)8-11/h7-8,10,12,14H,2-6H2,1H3/t10-,12+/m1/s1. The van der Waals surface area contributed by atoms with Crippen molar-refractivity contribution in [3.63, 3.8) is 0 Å². The van der Waals surface area contributed by atoms with Crippen LogP contribution in [0.2, 0.25) is 0 Å². The summed E-state index contributed by atoms with van der Waals surface area (Å²) in [6.07, 6.45) is 7.47. The zero-order chi connectivity index (χ0) is 11.0. The lowest BCUT2D eigenvalue weighted by molar-refractivity contribution is 0.296. The molecule has 86 valence electrons. The highest BCUT2D eigenvalue weighted by Gasteiger charge is 2.28. The Hall–Kier alpha value is -1.09. The van der Waals surface area contributed by atoms with Crippen molar-refractivity contribution in [2.45, 2.75) is 38.6 Å². The number of allylic oxidation sites excluding steroid dienone is 1. The third-order valence-electron chi connectivity index (χ3n) is 3.75. The van der Waals surface area contributed by atoms with Gasteiger partial charge in [-0.05, 0) is 50.6 Å². The summed E-state index contributed by atoms with van der Waals surface area (Å²) in [6.45, 7) is 3.12. The van der Waals surface area contributed by atoms with Crippen LogP contribution in [-0.2, 0) is 0 Å². The summed E-state index contributed by atoms with van der Waals surface area (Å²) in [7, 11) is 0. The Labute approximate surface area is 95.9 Å². The van der Waals surface area contributed by atoms with Crippen LogP contribution in [0.1, 0.15) is 37.1 Å². The van der Waals surface area contributed by atoms with E-state index in [0.29, 0.717) is 6.04 Å². The topological polar surface area (TPSA) is 38.1 Å². The smallest absolute Gasteiger partial charge is 0.162 e. The lowest BCUT2D eigenvalue weighted by Gasteiger charge is -2.34. The van der Waals surface area contributed by atoms with Crippen LogP contribution < -0.4 is 5.32 Å². The van der Waals surface area contributed by atoms with Crippen molar-refractivity contribution in [3.05, 3.63) is 23.6 Å². The fourth-order valence-electron chi connectivity index (χ4n) is 2.86. The van der Waals surface area contributed by atoms with Crippen molar-refractivity contribution >= 4 is 5.57 Å². The van der Waals surface area contributed by atoms with Crippen LogP contribution in [0.25, 0.3) is 5.57 Å². The molecular formula is C13H18N2O. The third-order valence-corrected chi connectivity index (χ3v) is 3.75. The molecule has 0 spiro atoms. The molecule has 2 heterocycles. The van der Waals surface area contributed by atoms with E-state index < -0.39 is 0 Å². The molecule has 0 radical (unpaired) electrons. The summed E-state index contributed by atoms with van der Waals surface area (Å²) in [6, 6.07) is 2.59. The predicted octanol–water partition coefficient (Wildman–Crippen LogP) is 2.53. The van der Waals surface area contributed by atoms with E-state index in [-0.39, 0.29) is 0 Å². The average molecular weight is 218 g/mol. The molecule has 0 unspecified atom stereocenters. The van der Waals surface area contributed by atoms with Gasteiger partial charge in [-0.25, -0.2) is 0 Å².